The van der Waals surface area contributed by atoms with Gasteiger partial charge in [0.2, 0.25) is 10.0 Å². The van der Waals surface area contributed by atoms with Crippen molar-refractivity contribution in [3.05, 3.63) is 29.8 Å². The maximum atomic E-state index is 12.2. The summed E-state index contributed by atoms with van der Waals surface area (Å²) in [6.07, 6.45) is 3.57. The van der Waals surface area contributed by atoms with E-state index in [0.717, 1.165) is 25.6 Å². The van der Waals surface area contributed by atoms with E-state index in [1.165, 1.54) is 37.1 Å². The van der Waals surface area contributed by atoms with Gasteiger partial charge in [0.15, 0.2) is 0 Å². The van der Waals surface area contributed by atoms with Crippen molar-refractivity contribution in [1.82, 2.24) is 9.62 Å². The molecule has 1 saturated carbocycles. The van der Waals surface area contributed by atoms with Crippen LogP contribution in [0.2, 0.25) is 0 Å². The van der Waals surface area contributed by atoms with E-state index < -0.39 is 16.0 Å². The highest BCUT2D eigenvalue weighted by Gasteiger charge is 2.34. The standard InChI is InChI=1S/C15H20N2O4S/c18-15(19)12-1-5-14(6-2-12)22(20,21)16-9-11-7-8-17(10-11)13-3-4-13/h1-2,5-6,11,13,16H,3-4,7-10H2,(H,18,19)/t11-/m0/s1. The minimum absolute atomic E-state index is 0.0785. The number of rotatable bonds is 6. The van der Waals surface area contributed by atoms with Gasteiger partial charge >= 0.3 is 5.97 Å². The van der Waals surface area contributed by atoms with Crippen LogP contribution in [0.15, 0.2) is 29.2 Å². The molecule has 2 fully saturated rings. The van der Waals surface area contributed by atoms with Crippen molar-refractivity contribution in [2.24, 2.45) is 5.92 Å². The molecule has 0 amide bonds. The molecule has 0 bridgehead atoms. The van der Waals surface area contributed by atoms with E-state index in [1.807, 2.05) is 0 Å². The topological polar surface area (TPSA) is 86.7 Å². The highest BCUT2D eigenvalue weighted by molar-refractivity contribution is 7.89. The average Bonchev–Trinajstić information content (AvgIpc) is 3.24. The van der Waals surface area contributed by atoms with E-state index in [-0.39, 0.29) is 10.5 Å². The molecule has 1 aliphatic heterocycles. The van der Waals surface area contributed by atoms with E-state index in [9.17, 15) is 13.2 Å². The monoisotopic (exact) mass is 324 g/mol. The zero-order chi connectivity index (χ0) is 15.7. The van der Waals surface area contributed by atoms with Gasteiger partial charge in [-0.15, -0.1) is 0 Å². The molecule has 1 aromatic carbocycles. The molecule has 2 N–H and O–H groups in total. The highest BCUT2D eigenvalue weighted by Crippen LogP contribution is 2.31. The van der Waals surface area contributed by atoms with Gasteiger partial charge in [-0.25, -0.2) is 17.9 Å². The van der Waals surface area contributed by atoms with Crippen molar-refractivity contribution < 1.29 is 18.3 Å². The second kappa shape index (κ2) is 5.98. The average molecular weight is 324 g/mol. The summed E-state index contributed by atoms with van der Waals surface area (Å²) in [6.45, 7) is 2.46. The molecule has 0 radical (unpaired) electrons. The van der Waals surface area contributed by atoms with Crippen LogP contribution in [-0.4, -0.2) is 50.1 Å². The van der Waals surface area contributed by atoms with E-state index >= 15 is 0 Å². The number of nitrogens with one attached hydrogen (secondary N) is 1. The maximum Gasteiger partial charge on any atom is 0.335 e. The molecule has 0 aromatic heterocycles. The minimum atomic E-state index is -3.57. The molecule has 1 aliphatic carbocycles. The van der Waals surface area contributed by atoms with Crippen molar-refractivity contribution in [2.75, 3.05) is 19.6 Å². The van der Waals surface area contributed by atoms with Crippen LogP contribution in [0.4, 0.5) is 0 Å². The lowest BCUT2D eigenvalue weighted by atomic mass is 10.1. The van der Waals surface area contributed by atoms with Gasteiger partial charge < -0.3 is 10.0 Å². The Morgan fingerprint density at radius 1 is 1.23 bits per heavy atom. The molecule has 22 heavy (non-hydrogen) atoms. The fraction of sp³-hybridized carbons (Fsp3) is 0.533. The first kappa shape index (κ1) is 15.5. The maximum absolute atomic E-state index is 12.2. The molecule has 120 valence electrons. The van der Waals surface area contributed by atoms with Crippen LogP contribution in [0.3, 0.4) is 0 Å². The van der Waals surface area contributed by atoms with Gasteiger partial charge in [0.05, 0.1) is 10.5 Å². The van der Waals surface area contributed by atoms with Crippen LogP contribution in [0.1, 0.15) is 29.6 Å². The Bertz CT molecular complexity index is 653. The number of aromatic carboxylic acids is 1. The molecular formula is C15H20N2O4S. The predicted octanol–water partition coefficient (Wildman–Crippen LogP) is 1.15. The van der Waals surface area contributed by atoms with Crippen molar-refractivity contribution in [2.45, 2.75) is 30.2 Å². The van der Waals surface area contributed by atoms with Crippen molar-refractivity contribution in [3.8, 4) is 0 Å². The third-order valence-corrected chi connectivity index (χ3v) is 5.79. The summed E-state index contributed by atoms with van der Waals surface area (Å²) in [5, 5.41) is 8.83. The van der Waals surface area contributed by atoms with Gasteiger partial charge in [-0.05, 0) is 56.0 Å². The van der Waals surface area contributed by atoms with Gasteiger partial charge in [0, 0.05) is 19.1 Å². The number of carbonyl (C=O) groups is 1. The zero-order valence-corrected chi connectivity index (χ0v) is 13.1. The molecule has 7 heteroatoms. The number of hydrogen-bond acceptors (Lipinski definition) is 4. The van der Waals surface area contributed by atoms with Crippen LogP contribution in [0.5, 0.6) is 0 Å². The Morgan fingerprint density at radius 3 is 2.50 bits per heavy atom. The third kappa shape index (κ3) is 3.48. The molecule has 1 saturated heterocycles. The summed E-state index contributed by atoms with van der Waals surface area (Å²) in [7, 11) is -3.57. The lowest BCUT2D eigenvalue weighted by Gasteiger charge is -2.15. The summed E-state index contributed by atoms with van der Waals surface area (Å²) in [5.74, 6) is -0.711. The second-order valence-corrected chi connectivity index (χ2v) is 7.83. The first-order valence-electron chi connectivity index (χ1n) is 7.53. The van der Waals surface area contributed by atoms with Gasteiger partial charge in [-0.2, -0.15) is 0 Å². The molecule has 1 aromatic rings. The number of carboxylic acids is 1. The Balaban J connectivity index is 1.57. The predicted molar refractivity (Wildman–Crippen MR) is 81.3 cm³/mol. The highest BCUT2D eigenvalue weighted by atomic mass is 32.2. The number of likely N-dealkylation sites (tertiary alicyclic amines) is 1. The molecular weight excluding hydrogens is 304 g/mol. The molecule has 3 rings (SSSR count). The number of sulfonamides is 1. The van der Waals surface area contributed by atoms with Crippen LogP contribution in [0.25, 0.3) is 0 Å². The lowest BCUT2D eigenvalue weighted by Crippen LogP contribution is -2.31. The third-order valence-electron chi connectivity index (χ3n) is 4.35. The summed E-state index contributed by atoms with van der Waals surface area (Å²) in [5.41, 5.74) is 0.0785. The SMILES string of the molecule is O=C(O)c1ccc(S(=O)(=O)NC[C@@H]2CCN(C3CC3)C2)cc1. The Labute approximate surface area is 130 Å². The Kier molecular flexibility index (Phi) is 4.20. The van der Waals surface area contributed by atoms with E-state index in [0.29, 0.717) is 12.5 Å². The van der Waals surface area contributed by atoms with Crippen LogP contribution in [0, 0.1) is 5.92 Å². The summed E-state index contributed by atoms with van der Waals surface area (Å²) in [6, 6.07) is 6.00. The van der Waals surface area contributed by atoms with Gasteiger partial charge in [0.25, 0.3) is 0 Å². The fourth-order valence-corrected chi connectivity index (χ4v) is 4.00. The van der Waals surface area contributed by atoms with Gasteiger partial charge in [-0.1, -0.05) is 0 Å². The molecule has 6 nitrogen and oxygen atoms in total. The van der Waals surface area contributed by atoms with E-state index in [1.54, 1.807) is 0 Å². The van der Waals surface area contributed by atoms with E-state index in [2.05, 4.69) is 9.62 Å². The summed E-state index contributed by atoms with van der Waals surface area (Å²) < 4.78 is 27.1. The Hall–Kier alpha value is -1.44. The van der Waals surface area contributed by atoms with Crippen LogP contribution in [-0.2, 0) is 10.0 Å². The zero-order valence-electron chi connectivity index (χ0n) is 12.2. The number of hydrogen-bond donors (Lipinski definition) is 2. The summed E-state index contributed by atoms with van der Waals surface area (Å²) in [4.78, 5) is 13.3. The normalized spacial score (nSPS) is 22.8. The van der Waals surface area contributed by atoms with Crippen molar-refractivity contribution in [3.63, 3.8) is 0 Å². The van der Waals surface area contributed by atoms with Crippen LogP contribution >= 0.6 is 0 Å². The molecule has 1 heterocycles. The van der Waals surface area contributed by atoms with E-state index in [4.69, 9.17) is 5.11 Å². The first-order valence-corrected chi connectivity index (χ1v) is 9.01. The Morgan fingerprint density at radius 2 is 1.91 bits per heavy atom. The summed E-state index contributed by atoms with van der Waals surface area (Å²) >= 11 is 0. The van der Waals surface area contributed by atoms with Gasteiger partial charge in [-0.3, -0.25) is 0 Å². The smallest absolute Gasteiger partial charge is 0.335 e. The number of nitrogens with zero attached hydrogens (tertiary/aromatic N) is 1. The number of carboxylic acid groups (broad SMARTS) is 1. The first-order chi connectivity index (χ1) is 10.5. The van der Waals surface area contributed by atoms with Crippen LogP contribution < -0.4 is 4.72 Å². The largest absolute Gasteiger partial charge is 0.478 e. The number of benzene rings is 1. The fourth-order valence-electron chi connectivity index (χ4n) is 2.89. The molecule has 0 unspecified atom stereocenters. The van der Waals surface area contributed by atoms with Crippen molar-refractivity contribution >= 4 is 16.0 Å². The quantitative estimate of drug-likeness (QED) is 0.820. The molecule has 0 spiro atoms. The second-order valence-electron chi connectivity index (χ2n) is 6.06. The van der Waals surface area contributed by atoms with Gasteiger partial charge in [0.1, 0.15) is 0 Å². The molecule has 1 atom stereocenters. The van der Waals surface area contributed by atoms with Crippen molar-refractivity contribution in [1.29, 1.82) is 0 Å². The minimum Gasteiger partial charge on any atom is -0.478 e. The molecule has 2 aliphatic rings. The lowest BCUT2D eigenvalue weighted by molar-refractivity contribution is 0.0696.